The molecule has 5 heteroatoms. The van der Waals surface area contributed by atoms with Crippen LogP contribution >= 0.6 is 45.2 Å². The molecular weight excluding hydrogens is 408 g/mol. The van der Waals surface area contributed by atoms with Gasteiger partial charge in [0.1, 0.15) is 0 Å². The predicted molar refractivity (Wildman–Crippen MR) is 70.7 cm³/mol. The first-order chi connectivity index (χ1) is 6.59. The molecule has 0 aliphatic carbocycles. The number of benzene rings is 1. The third-order valence-electron chi connectivity index (χ3n) is 1.93. The highest BCUT2D eigenvalue weighted by Crippen LogP contribution is 2.25. The summed E-state index contributed by atoms with van der Waals surface area (Å²) >= 11 is 4.17. The van der Waals surface area contributed by atoms with Crippen LogP contribution in [0.3, 0.4) is 0 Å². The van der Waals surface area contributed by atoms with E-state index in [4.69, 9.17) is 5.11 Å². The van der Waals surface area contributed by atoms with E-state index in [9.17, 15) is 4.79 Å². The van der Waals surface area contributed by atoms with Crippen LogP contribution in [0.5, 0.6) is 0 Å². The van der Waals surface area contributed by atoms with E-state index in [1.54, 1.807) is 0 Å². The van der Waals surface area contributed by atoms with Crippen LogP contribution in [0.2, 0.25) is 0 Å². The maximum Gasteiger partial charge on any atom is 0.338 e. The average molecular weight is 413 g/mol. The van der Waals surface area contributed by atoms with Crippen LogP contribution in [0.25, 0.3) is 10.9 Å². The van der Waals surface area contributed by atoms with E-state index in [0.29, 0.717) is 9.26 Å². The summed E-state index contributed by atoms with van der Waals surface area (Å²) in [6, 6.07) is 5.71. The summed E-state index contributed by atoms with van der Waals surface area (Å²) < 4.78 is 1.71. The van der Waals surface area contributed by atoms with Crippen LogP contribution in [-0.4, -0.2) is 16.1 Å². The normalized spacial score (nSPS) is 10.7. The zero-order valence-corrected chi connectivity index (χ0v) is 11.2. The molecule has 0 aliphatic heterocycles. The number of carboxylic acid groups (broad SMARTS) is 1. The Kier molecular flexibility index (Phi) is 2.69. The molecular formula is C9H5I2NO2. The van der Waals surface area contributed by atoms with E-state index in [1.807, 2.05) is 40.8 Å². The van der Waals surface area contributed by atoms with Crippen LogP contribution < -0.4 is 0 Å². The van der Waals surface area contributed by atoms with Gasteiger partial charge in [0.25, 0.3) is 0 Å². The minimum atomic E-state index is -0.886. The molecule has 3 nitrogen and oxygen atoms in total. The molecule has 2 aromatic rings. The Morgan fingerprint density at radius 2 is 2.07 bits per heavy atom. The number of aromatic amines is 1. The molecule has 0 spiro atoms. The number of halogens is 2. The summed E-state index contributed by atoms with van der Waals surface area (Å²) in [4.78, 5) is 14.0. The molecule has 0 amide bonds. The van der Waals surface area contributed by atoms with Crippen molar-refractivity contribution < 1.29 is 9.90 Å². The lowest BCUT2D eigenvalue weighted by Crippen LogP contribution is -1.96. The molecule has 2 rings (SSSR count). The molecule has 0 unspecified atom stereocenters. The molecule has 72 valence electrons. The summed E-state index contributed by atoms with van der Waals surface area (Å²) in [6.45, 7) is 0. The molecule has 0 fully saturated rings. The molecule has 0 saturated carbocycles. The molecule has 0 atom stereocenters. The summed E-state index contributed by atoms with van der Waals surface area (Å²) in [5, 5.41) is 9.79. The molecule has 0 aliphatic rings. The fourth-order valence-electron chi connectivity index (χ4n) is 1.34. The number of hydrogen-bond donors (Lipinski definition) is 2. The molecule has 1 aromatic carbocycles. The maximum absolute atomic E-state index is 11.0. The molecule has 0 saturated heterocycles. The van der Waals surface area contributed by atoms with Gasteiger partial charge in [-0.15, -0.1) is 0 Å². The van der Waals surface area contributed by atoms with Crippen molar-refractivity contribution in [2.24, 2.45) is 0 Å². The van der Waals surface area contributed by atoms with Crippen molar-refractivity contribution in [3.8, 4) is 0 Å². The second-order valence-electron chi connectivity index (χ2n) is 2.81. The van der Waals surface area contributed by atoms with Crippen molar-refractivity contribution in [1.29, 1.82) is 0 Å². The van der Waals surface area contributed by atoms with Crippen molar-refractivity contribution in [2.45, 2.75) is 0 Å². The van der Waals surface area contributed by atoms with Crippen LogP contribution in [0.4, 0.5) is 0 Å². The van der Waals surface area contributed by atoms with Gasteiger partial charge in [-0.3, -0.25) is 0 Å². The van der Waals surface area contributed by atoms with Crippen LogP contribution in [-0.2, 0) is 0 Å². The van der Waals surface area contributed by atoms with Crippen molar-refractivity contribution >= 4 is 62.1 Å². The maximum atomic E-state index is 11.0. The lowest BCUT2D eigenvalue weighted by molar-refractivity contribution is 0.0698. The SMILES string of the molecule is O=C(O)c1c(I)[nH]c2ccc(I)cc12. The average Bonchev–Trinajstić information content (AvgIpc) is 2.40. The standard InChI is InChI=1S/C9H5I2NO2/c10-4-1-2-6-5(3-4)7(9(13)14)8(11)12-6/h1-3,12H,(H,13,14). The fraction of sp³-hybridized carbons (Fsp3) is 0. The molecule has 1 aromatic heterocycles. The number of carboxylic acids is 1. The fourth-order valence-corrected chi connectivity index (χ4v) is 2.64. The first-order valence-corrected chi connectivity index (χ1v) is 5.95. The Morgan fingerprint density at radius 3 is 2.71 bits per heavy atom. The Morgan fingerprint density at radius 1 is 1.36 bits per heavy atom. The minimum Gasteiger partial charge on any atom is -0.478 e. The van der Waals surface area contributed by atoms with Crippen LogP contribution in [0, 0.1) is 7.27 Å². The van der Waals surface area contributed by atoms with E-state index in [1.165, 1.54) is 0 Å². The highest BCUT2D eigenvalue weighted by molar-refractivity contribution is 14.1. The highest BCUT2D eigenvalue weighted by Gasteiger charge is 2.15. The minimum absolute atomic E-state index is 0.360. The largest absolute Gasteiger partial charge is 0.478 e. The first-order valence-electron chi connectivity index (χ1n) is 3.79. The van der Waals surface area contributed by atoms with Crippen LogP contribution in [0.15, 0.2) is 18.2 Å². The zero-order chi connectivity index (χ0) is 10.3. The Labute approximate surface area is 107 Å². The zero-order valence-electron chi connectivity index (χ0n) is 6.84. The summed E-state index contributed by atoms with van der Waals surface area (Å²) in [5.41, 5.74) is 1.23. The first kappa shape index (κ1) is 10.2. The van der Waals surface area contributed by atoms with Gasteiger partial charge in [0.05, 0.1) is 9.26 Å². The smallest absolute Gasteiger partial charge is 0.338 e. The molecule has 1 heterocycles. The van der Waals surface area contributed by atoms with Gasteiger partial charge in [0.15, 0.2) is 0 Å². The number of aromatic nitrogens is 1. The van der Waals surface area contributed by atoms with Crippen molar-refractivity contribution in [2.75, 3.05) is 0 Å². The number of fused-ring (bicyclic) bond motifs is 1. The quantitative estimate of drug-likeness (QED) is 0.707. The van der Waals surface area contributed by atoms with Crippen molar-refractivity contribution in [1.82, 2.24) is 4.98 Å². The Balaban J connectivity index is 2.86. The van der Waals surface area contributed by atoms with Gasteiger partial charge >= 0.3 is 5.97 Å². The summed E-state index contributed by atoms with van der Waals surface area (Å²) in [5.74, 6) is -0.886. The molecule has 14 heavy (non-hydrogen) atoms. The summed E-state index contributed by atoms with van der Waals surface area (Å²) in [7, 11) is 0. The lowest BCUT2D eigenvalue weighted by Gasteiger charge is -1.93. The number of nitrogens with one attached hydrogen (secondary N) is 1. The molecule has 0 bridgehead atoms. The topological polar surface area (TPSA) is 53.1 Å². The number of rotatable bonds is 1. The van der Waals surface area contributed by atoms with Gasteiger partial charge in [-0.05, 0) is 63.4 Å². The second kappa shape index (κ2) is 3.69. The van der Waals surface area contributed by atoms with E-state index in [0.717, 1.165) is 14.5 Å². The van der Waals surface area contributed by atoms with Gasteiger partial charge in [-0.25, -0.2) is 4.79 Å². The van der Waals surface area contributed by atoms with E-state index in [2.05, 4.69) is 27.6 Å². The molecule has 2 N–H and O–H groups in total. The number of H-pyrrole nitrogens is 1. The second-order valence-corrected chi connectivity index (χ2v) is 5.13. The highest BCUT2D eigenvalue weighted by atomic mass is 127. The summed E-state index contributed by atoms with van der Waals surface area (Å²) in [6.07, 6.45) is 0. The van der Waals surface area contributed by atoms with Gasteiger partial charge in [0.2, 0.25) is 0 Å². The third kappa shape index (κ3) is 1.62. The van der Waals surface area contributed by atoms with E-state index in [-0.39, 0.29) is 0 Å². The Hall–Kier alpha value is -0.310. The van der Waals surface area contributed by atoms with Crippen molar-refractivity contribution in [3.63, 3.8) is 0 Å². The van der Waals surface area contributed by atoms with Crippen LogP contribution in [0.1, 0.15) is 10.4 Å². The third-order valence-corrected chi connectivity index (χ3v) is 3.41. The molecule has 0 radical (unpaired) electrons. The number of carbonyl (C=O) groups is 1. The van der Waals surface area contributed by atoms with Crippen molar-refractivity contribution in [3.05, 3.63) is 31.0 Å². The predicted octanol–water partition coefficient (Wildman–Crippen LogP) is 3.08. The van der Waals surface area contributed by atoms with Gasteiger partial charge in [-0.2, -0.15) is 0 Å². The van der Waals surface area contributed by atoms with E-state index < -0.39 is 5.97 Å². The monoisotopic (exact) mass is 413 g/mol. The number of hydrogen-bond acceptors (Lipinski definition) is 1. The Bertz CT molecular complexity index is 519. The van der Waals surface area contributed by atoms with Gasteiger partial charge in [0, 0.05) is 14.5 Å². The van der Waals surface area contributed by atoms with Gasteiger partial charge in [-0.1, -0.05) is 0 Å². The number of aromatic carboxylic acids is 1. The van der Waals surface area contributed by atoms with Gasteiger partial charge < -0.3 is 10.1 Å². The van der Waals surface area contributed by atoms with E-state index >= 15 is 0 Å². The lowest BCUT2D eigenvalue weighted by atomic mass is 10.2.